The van der Waals surface area contributed by atoms with E-state index in [1.54, 1.807) is 0 Å². The Balaban J connectivity index is 5.25. The highest BCUT2D eigenvalue weighted by atomic mass is 32.1. The van der Waals surface area contributed by atoms with Crippen LogP contribution in [0.25, 0.3) is 0 Å². The summed E-state index contributed by atoms with van der Waals surface area (Å²) in [6.45, 7) is 0.424. The molecule has 11 N–H and O–H groups in total. The molecular formula is C18H32N6O8S. The van der Waals surface area contributed by atoms with E-state index in [0.717, 1.165) is 0 Å². The maximum atomic E-state index is 12.7. The fraction of sp³-hybridized carbons (Fsp3) is 0.667. The number of thiol groups is 1. The predicted octanol–water partition coefficient (Wildman–Crippen LogP) is -3.35. The fourth-order valence-electron chi connectivity index (χ4n) is 2.60. The van der Waals surface area contributed by atoms with Crippen molar-refractivity contribution >= 4 is 48.2 Å². The number of aliphatic carboxylic acids is 2. The zero-order valence-corrected chi connectivity index (χ0v) is 18.9. The van der Waals surface area contributed by atoms with Crippen molar-refractivity contribution in [1.29, 1.82) is 0 Å². The zero-order valence-electron chi connectivity index (χ0n) is 18.0. The molecule has 0 aromatic rings. The fourth-order valence-corrected chi connectivity index (χ4v) is 2.85. The van der Waals surface area contributed by atoms with Gasteiger partial charge in [0.05, 0.1) is 12.5 Å². The molecule has 0 bridgehead atoms. The summed E-state index contributed by atoms with van der Waals surface area (Å²) in [4.78, 5) is 70.5. The number of carbonyl (C=O) groups excluding carboxylic acids is 4. The van der Waals surface area contributed by atoms with Gasteiger partial charge in [0.25, 0.3) is 0 Å². The number of unbranched alkanes of at least 4 members (excludes halogenated alkanes) is 1. The normalized spacial score (nSPS) is 14.3. The number of carboxylic acids is 2. The van der Waals surface area contributed by atoms with Crippen molar-refractivity contribution in [3.63, 3.8) is 0 Å². The molecule has 0 fully saturated rings. The van der Waals surface area contributed by atoms with Crippen molar-refractivity contribution in [1.82, 2.24) is 16.0 Å². The van der Waals surface area contributed by atoms with Gasteiger partial charge in [0.2, 0.25) is 23.6 Å². The van der Waals surface area contributed by atoms with Crippen molar-refractivity contribution in [2.75, 3.05) is 12.3 Å². The van der Waals surface area contributed by atoms with Crippen LogP contribution >= 0.6 is 12.6 Å². The van der Waals surface area contributed by atoms with Crippen LogP contribution in [-0.4, -0.2) is 82.2 Å². The van der Waals surface area contributed by atoms with Gasteiger partial charge in [-0.1, -0.05) is 6.42 Å². The van der Waals surface area contributed by atoms with Crippen molar-refractivity contribution < 1.29 is 39.0 Å². The van der Waals surface area contributed by atoms with Gasteiger partial charge in [-0.3, -0.25) is 24.0 Å². The molecule has 33 heavy (non-hydrogen) atoms. The third kappa shape index (κ3) is 12.6. The Morgan fingerprint density at radius 1 is 0.818 bits per heavy atom. The topological polar surface area (TPSA) is 257 Å². The molecule has 4 amide bonds. The Morgan fingerprint density at radius 3 is 1.85 bits per heavy atom. The summed E-state index contributed by atoms with van der Waals surface area (Å²) in [5.41, 5.74) is 16.1. The lowest BCUT2D eigenvalue weighted by molar-refractivity contribution is -0.143. The average Bonchev–Trinajstić information content (AvgIpc) is 2.73. The molecule has 0 aromatic carbocycles. The molecule has 0 heterocycles. The maximum absolute atomic E-state index is 12.7. The SMILES string of the molecule is NCCCCC(N)C(=O)NC(CCC(=O)O)C(=O)NC(CS)C(=O)NC(CC(N)=O)C(=O)O. The second-order valence-electron chi connectivity index (χ2n) is 7.20. The summed E-state index contributed by atoms with van der Waals surface area (Å²) < 4.78 is 0. The van der Waals surface area contributed by atoms with Gasteiger partial charge in [-0.15, -0.1) is 0 Å². The number of amides is 4. The molecular weight excluding hydrogens is 460 g/mol. The van der Waals surface area contributed by atoms with Gasteiger partial charge >= 0.3 is 11.9 Å². The van der Waals surface area contributed by atoms with Gasteiger partial charge in [-0.2, -0.15) is 12.6 Å². The molecule has 0 aliphatic carbocycles. The van der Waals surface area contributed by atoms with Crippen molar-refractivity contribution in [3.8, 4) is 0 Å². The predicted molar refractivity (Wildman–Crippen MR) is 119 cm³/mol. The second kappa shape index (κ2) is 15.8. The first-order valence-corrected chi connectivity index (χ1v) is 10.8. The van der Waals surface area contributed by atoms with E-state index >= 15 is 0 Å². The highest BCUT2D eigenvalue weighted by Crippen LogP contribution is 2.04. The first-order chi connectivity index (χ1) is 15.4. The van der Waals surface area contributed by atoms with E-state index in [2.05, 4.69) is 28.6 Å². The standard InChI is InChI=1S/C18H32N6O8S/c19-6-2-1-3-9(20)15(28)22-10(4-5-14(26)27)16(29)24-12(8-33)17(30)23-11(18(31)32)7-13(21)25/h9-12,33H,1-8,19-20H2,(H2,21,25)(H,22,28)(H,23,30)(H,24,29)(H,26,27)(H,31,32). The molecule has 15 heteroatoms. The molecule has 0 saturated carbocycles. The molecule has 0 radical (unpaired) electrons. The van der Waals surface area contributed by atoms with E-state index < -0.39 is 72.6 Å². The molecule has 0 rings (SSSR count). The first-order valence-electron chi connectivity index (χ1n) is 10.1. The number of nitrogens with two attached hydrogens (primary N) is 3. The van der Waals surface area contributed by atoms with E-state index in [1.807, 2.05) is 0 Å². The monoisotopic (exact) mass is 492 g/mol. The van der Waals surface area contributed by atoms with Crippen molar-refractivity contribution in [2.45, 2.75) is 62.7 Å². The minimum absolute atomic E-state index is 0.265. The van der Waals surface area contributed by atoms with Gasteiger partial charge < -0.3 is 43.4 Å². The van der Waals surface area contributed by atoms with Crippen LogP contribution in [0.5, 0.6) is 0 Å². The first kappa shape index (κ1) is 30.1. The zero-order chi connectivity index (χ0) is 25.6. The lowest BCUT2D eigenvalue weighted by Crippen LogP contribution is -2.58. The third-order valence-electron chi connectivity index (χ3n) is 4.42. The number of rotatable bonds is 17. The molecule has 14 nitrogen and oxygen atoms in total. The molecule has 4 atom stereocenters. The van der Waals surface area contributed by atoms with E-state index in [-0.39, 0.29) is 12.2 Å². The van der Waals surface area contributed by atoms with Crippen LogP contribution in [0.15, 0.2) is 0 Å². The highest BCUT2D eigenvalue weighted by molar-refractivity contribution is 7.80. The number of hydrogen-bond acceptors (Lipinski definition) is 9. The largest absolute Gasteiger partial charge is 0.481 e. The Hall–Kier alpha value is -2.91. The highest BCUT2D eigenvalue weighted by Gasteiger charge is 2.30. The molecule has 0 aromatic heterocycles. The minimum Gasteiger partial charge on any atom is -0.481 e. The number of carbonyl (C=O) groups is 6. The Morgan fingerprint density at radius 2 is 1.36 bits per heavy atom. The summed E-state index contributed by atoms with van der Waals surface area (Å²) in [5.74, 6) is -6.50. The quantitative estimate of drug-likeness (QED) is 0.0719. The molecule has 4 unspecified atom stereocenters. The van der Waals surface area contributed by atoms with Gasteiger partial charge in [0, 0.05) is 12.2 Å². The molecule has 0 saturated heterocycles. The summed E-state index contributed by atoms with van der Waals surface area (Å²) in [7, 11) is 0. The summed E-state index contributed by atoms with van der Waals surface area (Å²) >= 11 is 3.95. The molecule has 0 aliphatic rings. The van der Waals surface area contributed by atoms with Gasteiger partial charge in [0.1, 0.15) is 18.1 Å². The number of carboxylic acid groups (broad SMARTS) is 2. The minimum atomic E-state index is -1.62. The Kier molecular flexibility index (Phi) is 14.4. The van der Waals surface area contributed by atoms with E-state index in [9.17, 15) is 28.8 Å². The lowest BCUT2D eigenvalue weighted by Gasteiger charge is -2.24. The molecule has 0 aliphatic heterocycles. The summed E-state index contributed by atoms with van der Waals surface area (Å²) in [6.07, 6.45) is 0.105. The Bertz CT molecular complexity index is 722. The van der Waals surface area contributed by atoms with Crippen LogP contribution in [0.4, 0.5) is 0 Å². The number of hydrogen-bond donors (Lipinski definition) is 9. The van der Waals surface area contributed by atoms with Gasteiger partial charge in [-0.05, 0) is 25.8 Å². The van der Waals surface area contributed by atoms with Gasteiger partial charge in [-0.25, -0.2) is 4.79 Å². The van der Waals surface area contributed by atoms with Crippen LogP contribution in [0.3, 0.4) is 0 Å². The smallest absolute Gasteiger partial charge is 0.326 e. The van der Waals surface area contributed by atoms with Gasteiger partial charge in [0.15, 0.2) is 0 Å². The Labute approximate surface area is 195 Å². The lowest BCUT2D eigenvalue weighted by atomic mass is 10.1. The van der Waals surface area contributed by atoms with Crippen LogP contribution < -0.4 is 33.2 Å². The maximum Gasteiger partial charge on any atom is 0.326 e. The number of primary amides is 1. The van der Waals surface area contributed by atoms with Crippen LogP contribution in [0.1, 0.15) is 38.5 Å². The van der Waals surface area contributed by atoms with Crippen LogP contribution in [0.2, 0.25) is 0 Å². The average molecular weight is 493 g/mol. The van der Waals surface area contributed by atoms with E-state index in [0.29, 0.717) is 25.8 Å². The molecule has 0 spiro atoms. The van der Waals surface area contributed by atoms with E-state index in [4.69, 9.17) is 27.4 Å². The number of nitrogens with one attached hydrogen (secondary N) is 3. The summed E-state index contributed by atoms with van der Waals surface area (Å²) in [6, 6.07) is -5.25. The third-order valence-corrected chi connectivity index (χ3v) is 4.79. The van der Waals surface area contributed by atoms with Crippen LogP contribution in [0, 0.1) is 0 Å². The van der Waals surface area contributed by atoms with Crippen molar-refractivity contribution in [3.05, 3.63) is 0 Å². The van der Waals surface area contributed by atoms with E-state index in [1.165, 1.54) is 0 Å². The summed E-state index contributed by atoms with van der Waals surface area (Å²) in [5, 5.41) is 24.7. The second-order valence-corrected chi connectivity index (χ2v) is 7.56. The molecule has 188 valence electrons. The van der Waals surface area contributed by atoms with Crippen molar-refractivity contribution in [2.24, 2.45) is 17.2 Å². The van der Waals surface area contributed by atoms with Crippen LogP contribution in [-0.2, 0) is 28.8 Å².